The third kappa shape index (κ3) is 4.36. The molecular formula is C15H23BrN4OS2. The summed E-state index contributed by atoms with van der Waals surface area (Å²) in [6.07, 6.45) is 0. The SMILES string of the molecule is CCn1nc(C)cc1-c1nc(Br)c(C(C)N[S+]([O-])C(C)(C)C)s1. The third-order valence-electron chi connectivity index (χ3n) is 3.26. The molecule has 2 rings (SSSR count). The van der Waals surface area contributed by atoms with Crippen LogP contribution in [0.25, 0.3) is 10.7 Å². The van der Waals surface area contributed by atoms with Crippen LogP contribution in [0.4, 0.5) is 0 Å². The summed E-state index contributed by atoms with van der Waals surface area (Å²) in [5.41, 5.74) is 2.00. The van der Waals surface area contributed by atoms with Gasteiger partial charge < -0.3 is 4.55 Å². The molecule has 0 aliphatic heterocycles. The zero-order valence-electron chi connectivity index (χ0n) is 14.3. The van der Waals surface area contributed by atoms with E-state index in [0.29, 0.717) is 0 Å². The Morgan fingerprint density at radius 3 is 2.70 bits per heavy atom. The third-order valence-corrected chi connectivity index (χ3v) is 7.07. The van der Waals surface area contributed by atoms with Gasteiger partial charge >= 0.3 is 0 Å². The quantitative estimate of drug-likeness (QED) is 0.738. The topological polar surface area (TPSA) is 65.8 Å². The molecule has 2 atom stereocenters. The standard InChI is InChI=1S/C15H23BrN4OS2/c1-7-20-11(8-9(2)18-20)14-17-13(16)12(22-14)10(3)19-23(21)15(4,5)6/h8,10,19H,7H2,1-6H3. The van der Waals surface area contributed by atoms with E-state index in [-0.39, 0.29) is 10.8 Å². The van der Waals surface area contributed by atoms with E-state index in [0.717, 1.165) is 32.4 Å². The minimum atomic E-state index is -1.12. The molecular weight excluding hydrogens is 396 g/mol. The molecule has 2 heterocycles. The molecule has 0 aliphatic carbocycles. The van der Waals surface area contributed by atoms with Crippen LogP contribution in [0.1, 0.15) is 51.2 Å². The zero-order valence-corrected chi connectivity index (χ0v) is 17.5. The summed E-state index contributed by atoms with van der Waals surface area (Å²) in [6.45, 7) is 12.7. The molecule has 0 aromatic carbocycles. The molecule has 8 heteroatoms. The number of nitrogens with zero attached hydrogens (tertiary/aromatic N) is 3. The molecule has 0 saturated carbocycles. The predicted octanol–water partition coefficient (Wildman–Crippen LogP) is 4.21. The van der Waals surface area contributed by atoms with Gasteiger partial charge in [-0.25, -0.2) is 4.98 Å². The molecule has 0 fully saturated rings. The first kappa shape index (κ1) is 18.9. The number of halogens is 1. The van der Waals surface area contributed by atoms with Gasteiger partial charge in [-0.2, -0.15) is 5.10 Å². The van der Waals surface area contributed by atoms with E-state index in [9.17, 15) is 4.55 Å². The largest absolute Gasteiger partial charge is 0.598 e. The number of nitrogens with one attached hydrogen (secondary N) is 1. The monoisotopic (exact) mass is 418 g/mol. The number of thiazole rings is 1. The van der Waals surface area contributed by atoms with Gasteiger partial charge in [0.1, 0.15) is 14.4 Å². The second-order valence-electron chi connectivity index (χ2n) is 6.38. The molecule has 128 valence electrons. The summed E-state index contributed by atoms with van der Waals surface area (Å²) in [5, 5.41) is 5.39. The van der Waals surface area contributed by atoms with Crippen molar-refractivity contribution in [2.24, 2.45) is 0 Å². The Bertz CT molecular complexity index is 678. The lowest BCUT2D eigenvalue weighted by molar-refractivity contribution is 0.532. The molecule has 0 aliphatic rings. The van der Waals surface area contributed by atoms with Gasteiger partial charge in [-0.3, -0.25) is 4.68 Å². The molecule has 23 heavy (non-hydrogen) atoms. The highest BCUT2D eigenvalue weighted by atomic mass is 79.9. The van der Waals surface area contributed by atoms with Gasteiger partial charge in [0.2, 0.25) is 0 Å². The van der Waals surface area contributed by atoms with Crippen molar-refractivity contribution >= 4 is 38.6 Å². The molecule has 2 unspecified atom stereocenters. The first-order chi connectivity index (χ1) is 10.6. The van der Waals surface area contributed by atoms with Gasteiger partial charge in [0.25, 0.3) is 0 Å². The first-order valence-electron chi connectivity index (χ1n) is 7.52. The number of aromatic nitrogens is 3. The van der Waals surface area contributed by atoms with Crippen LogP contribution in [-0.2, 0) is 17.9 Å². The van der Waals surface area contributed by atoms with Crippen LogP contribution in [0.2, 0.25) is 0 Å². The van der Waals surface area contributed by atoms with Crippen LogP contribution in [0.15, 0.2) is 10.7 Å². The van der Waals surface area contributed by atoms with E-state index in [4.69, 9.17) is 0 Å². The van der Waals surface area contributed by atoms with Crippen LogP contribution < -0.4 is 4.72 Å². The van der Waals surface area contributed by atoms with E-state index >= 15 is 0 Å². The second-order valence-corrected chi connectivity index (χ2v) is 10.2. The molecule has 0 bridgehead atoms. The van der Waals surface area contributed by atoms with Crippen molar-refractivity contribution in [2.45, 2.75) is 58.9 Å². The van der Waals surface area contributed by atoms with Crippen molar-refractivity contribution < 1.29 is 4.55 Å². The van der Waals surface area contributed by atoms with Crippen molar-refractivity contribution in [3.63, 3.8) is 0 Å². The summed E-state index contributed by atoms with van der Waals surface area (Å²) in [4.78, 5) is 5.67. The number of hydrogen-bond acceptors (Lipinski definition) is 5. The molecule has 0 amide bonds. The van der Waals surface area contributed by atoms with E-state index in [1.165, 1.54) is 0 Å². The van der Waals surface area contributed by atoms with Gasteiger partial charge in [-0.15, -0.1) is 16.1 Å². The summed E-state index contributed by atoms with van der Waals surface area (Å²) >= 11 is 4.02. The van der Waals surface area contributed by atoms with Crippen LogP contribution >= 0.6 is 27.3 Å². The number of rotatable bonds is 5. The zero-order chi connectivity index (χ0) is 17.4. The lowest BCUT2D eigenvalue weighted by Crippen LogP contribution is -2.40. The molecule has 5 nitrogen and oxygen atoms in total. The van der Waals surface area contributed by atoms with Crippen LogP contribution in [-0.4, -0.2) is 24.1 Å². The molecule has 2 aromatic heterocycles. The second kappa shape index (κ2) is 7.23. The maximum Gasteiger partial charge on any atom is 0.143 e. The van der Waals surface area contributed by atoms with E-state index < -0.39 is 11.4 Å². The van der Waals surface area contributed by atoms with Crippen molar-refractivity contribution in [1.82, 2.24) is 19.5 Å². The molecule has 2 aromatic rings. The Kier molecular flexibility index (Phi) is 5.94. The summed E-state index contributed by atoms with van der Waals surface area (Å²) in [5.74, 6) is 0. The fraction of sp³-hybridized carbons (Fsp3) is 0.600. The van der Waals surface area contributed by atoms with Crippen LogP contribution in [0.3, 0.4) is 0 Å². The highest BCUT2D eigenvalue weighted by Crippen LogP contribution is 2.36. The van der Waals surface area contributed by atoms with Gasteiger partial charge in [-0.1, -0.05) is 0 Å². The fourth-order valence-electron chi connectivity index (χ4n) is 2.04. The lowest BCUT2D eigenvalue weighted by Gasteiger charge is -2.26. The minimum absolute atomic E-state index is 0.0465. The Morgan fingerprint density at radius 1 is 1.48 bits per heavy atom. The summed E-state index contributed by atoms with van der Waals surface area (Å²) in [6, 6.07) is 2.00. The fourth-order valence-corrected chi connectivity index (χ4v) is 4.77. The Balaban J connectivity index is 2.27. The minimum Gasteiger partial charge on any atom is -0.598 e. The lowest BCUT2D eigenvalue weighted by atomic mass is 10.3. The van der Waals surface area contributed by atoms with Crippen molar-refractivity contribution in [2.75, 3.05) is 0 Å². The molecule has 0 radical (unpaired) electrons. The Labute approximate surface area is 153 Å². The maximum absolute atomic E-state index is 12.3. The van der Waals surface area contributed by atoms with E-state index in [1.54, 1.807) is 11.3 Å². The van der Waals surface area contributed by atoms with Crippen molar-refractivity contribution in [3.05, 3.63) is 21.2 Å². The van der Waals surface area contributed by atoms with Crippen LogP contribution in [0, 0.1) is 6.92 Å². The molecule has 1 N–H and O–H groups in total. The highest BCUT2D eigenvalue weighted by Gasteiger charge is 2.30. The van der Waals surface area contributed by atoms with Crippen molar-refractivity contribution in [1.29, 1.82) is 0 Å². The average molecular weight is 419 g/mol. The number of aryl methyl sites for hydroxylation is 2. The van der Waals surface area contributed by atoms with E-state index in [1.807, 2.05) is 45.4 Å². The number of hydrogen-bond donors (Lipinski definition) is 1. The Morgan fingerprint density at radius 2 is 2.13 bits per heavy atom. The van der Waals surface area contributed by atoms with Gasteiger partial charge in [-0.05, 0) is 63.5 Å². The summed E-state index contributed by atoms with van der Waals surface area (Å²) < 4.78 is 17.9. The predicted molar refractivity (Wildman–Crippen MR) is 101 cm³/mol. The van der Waals surface area contributed by atoms with Gasteiger partial charge in [0, 0.05) is 17.9 Å². The highest BCUT2D eigenvalue weighted by molar-refractivity contribution is 9.10. The Hall–Kier alpha value is -0.410. The smallest absolute Gasteiger partial charge is 0.143 e. The molecule has 0 spiro atoms. The van der Waals surface area contributed by atoms with E-state index in [2.05, 4.69) is 37.7 Å². The molecule has 0 saturated heterocycles. The van der Waals surface area contributed by atoms with Crippen LogP contribution in [0.5, 0.6) is 0 Å². The summed E-state index contributed by atoms with van der Waals surface area (Å²) in [7, 11) is 0. The average Bonchev–Trinajstić information content (AvgIpc) is 3.00. The van der Waals surface area contributed by atoms with Crippen molar-refractivity contribution in [3.8, 4) is 10.7 Å². The first-order valence-corrected chi connectivity index (χ1v) is 10.3. The maximum atomic E-state index is 12.3. The van der Waals surface area contributed by atoms with Gasteiger partial charge in [0.15, 0.2) is 0 Å². The normalized spacial score (nSPS) is 15.0. The van der Waals surface area contributed by atoms with Gasteiger partial charge in [0.05, 0.1) is 22.3 Å².